The lowest BCUT2D eigenvalue weighted by molar-refractivity contribution is 0.316. The van der Waals surface area contributed by atoms with Gasteiger partial charge < -0.3 is 10.5 Å². The number of aromatic nitrogens is 1. The minimum atomic E-state index is 0.645. The first kappa shape index (κ1) is 9.93. The highest BCUT2D eigenvalue weighted by Crippen LogP contribution is 2.22. The highest BCUT2D eigenvalue weighted by molar-refractivity contribution is 5.84. The molecule has 0 spiro atoms. The Balaban J connectivity index is 2.26. The van der Waals surface area contributed by atoms with Gasteiger partial charge in [-0.15, -0.1) is 0 Å². The van der Waals surface area contributed by atoms with E-state index in [2.05, 4.69) is 4.98 Å². The fraction of sp³-hybridized carbons (Fsp3) is 0.250. The summed E-state index contributed by atoms with van der Waals surface area (Å²) < 4.78 is 5.62. The predicted octanol–water partition coefficient (Wildman–Crippen LogP) is 1.96. The topological polar surface area (TPSA) is 48.1 Å². The molecule has 2 rings (SSSR count). The molecule has 78 valence electrons. The van der Waals surface area contributed by atoms with Gasteiger partial charge in [-0.1, -0.05) is 18.2 Å². The largest absolute Gasteiger partial charge is 0.491 e. The fourth-order valence-corrected chi connectivity index (χ4v) is 1.46. The Labute approximate surface area is 88.9 Å². The molecule has 1 heterocycles. The molecule has 0 saturated carbocycles. The molecule has 0 saturated heterocycles. The number of rotatable bonds is 4. The van der Waals surface area contributed by atoms with Crippen LogP contribution in [-0.2, 0) is 0 Å². The number of nitrogens with zero attached hydrogens (tertiary/aromatic N) is 1. The first-order valence-corrected chi connectivity index (χ1v) is 5.08. The Hall–Kier alpha value is -1.61. The van der Waals surface area contributed by atoms with Crippen LogP contribution in [-0.4, -0.2) is 18.1 Å². The Bertz CT molecular complexity index is 437. The van der Waals surface area contributed by atoms with Crippen LogP contribution >= 0.6 is 0 Å². The number of para-hydroxylation sites is 1. The van der Waals surface area contributed by atoms with Gasteiger partial charge in [0.2, 0.25) is 0 Å². The van der Waals surface area contributed by atoms with E-state index in [1.165, 1.54) is 0 Å². The SMILES string of the molecule is NCCCOc1cccc2cccnc12. The van der Waals surface area contributed by atoms with Gasteiger partial charge in [0.15, 0.2) is 0 Å². The maximum atomic E-state index is 5.62. The standard InChI is InChI=1S/C12H14N2O/c13-7-3-9-15-11-6-1-4-10-5-2-8-14-12(10)11/h1-2,4-6,8H,3,7,9,13H2. The summed E-state index contributed by atoms with van der Waals surface area (Å²) in [4.78, 5) is 4.30. The zero-order valence-corrected chi connectivity index (χ0v) is 8.52. The van der Waals surface area contributed by atoms with Crippen LogP contribution in [0.5, 0.6) is 5.75 Å². The molecular formula is C12H14N2O. The third-order valence-corrected chi connectivity index (χ3v) is 2.20. The molecule has 1 aromatic heterocycles. The van der Waals surface area contributed by atoms with Gasteiger partial charge in [0.25, 0.3) is 0 Å². The van der Waals surface area contributed by atoms with Gasteiger partial charge in [-0.05, 0) is 25.1 Å². The molecule has 0 amide bonds. The van der Waals surface area contributed by atoms with Crippen molar-refractivity contribution in [1.82, 2.24) is 4.98 Å². The average Bonchev–Trinajstić information content (AvgIpc) is 2.30. The third-order valence-electron chi connectivity index (χ3n) is 2.20. The number of nitrogens with two attached hydrogens (primary N) is 1. The van der Waals surface area contributed by atoms with Crippen molar-refractivity contribution in [2.75, 3.05) is 13.2 Å². The quantitative estimate of drug-likeness (QED) is 0.771. The second kappa shape index (κ2) is 4.75. The molecular weight excluding hydrogens is 188 g/mol. The first-order valence-electron chi connectivity index (χ1n) is 5.08. The number of fused-ring (bicyclic) bond motifs is 1. The van der Waals surface area contributed by atoms with E-state index in [1.54, 1.807) is 6.20 Å². The smallest absolute Gasteiger partial charge is 0.145 e. The minimum Gasteiger partial charge on any atom is -0.491 e. The van der Waals surface area contributed by atoms with Crippen LogP contribution in [0.1, 0.15) is 6.42 Å². The van der Waals surface area contributed by atoms with E-state index in [1.807, 2.05) is 30.3 Å². The van der Waals surface area contributed by atoms with Gasteiger partial charge in [-0.2, -0.15) is 0 Å². The molecule has 0 radical (unpaired) electrons. The van der Waals surface area contributed by atoms with Crippen molar-refractivity contribution in [3.63, 3.8) is 0 Å². The molecule has 3 heteroatoms. The zero-order valence-electron chi connectivity index (χ0n) is 8.52. The molecule has 15 heavy (non-hydrogen) atoms. The number of hydrogen-bond donors (Lipinski definition) is 1. The van der Waals surface area contributed by atoms with E-state index < -0.39 is 0 Å². The van der Waals surface area contributed by atoms with Gasteiger partial charge in [0, 0.05) is 11.6 Å². The highest BCUT2D eigenvalue weighted by atomic mass is 16.5. The summed E-state index contributed by atoms with van der Waals surface area (Å²) in [5.74, 6) is 0.835. The van der Waals surface area contributed by atoms with Gasteiger partial charge in [0.1, 0.15) is 11.3 Å². The molecule has 0 fully saturated rings. The maximum absolute atomic E-state index is 5.62. The van der Waals surface area contributed by atoms with Crippen LogP contribution in [0.2, 0.25) is 0 Å². The van der Waals surface area contributed by atoms with Gasteiger partial charge in [0.05, 0.1) is 6.61 Å². The van der Waals surface area contributed by atoms with Crippen LogP contribution in [0.4, 0.5) is 0 Å². The van der Waals surface area contributed by atoms with Crippen molar-refractivity contribution in [1.29, 1.82) is 0 Å². The molecule has 2 N–H and O–H groups in total. The number of ether oxygens (including phenoxy) is 1. The second-order valence-electron chi connectivity index (χ2n) is 3.32. The fourth-order valence-electron chi connectivity index (χ4n) is 1.46. The molecule has 0 unspecified atom stereocenters. The van der Waals surface area contributed by atoms with Crippen molar-refractivity contribution in [3.05, 3.63) is 36.5 Å². The molecule has 0 aliphatic rings. The minimum absolute atomic E-state index is 0.645. The molecule has 1 aromatic carbocycles. The molecule has 3 nitrogen and oxygen atoms in total. The van der Waals surface area contributed by atoms with Crippen LogP contribution < -0.4 is 10.5 Å². The van der Waals surface area contributed by atoms with E-state index in [0.29, 0.717) is 13.2 Å². The third kappa shape index (κ3) is 2.25. The normalized spacial score (nSPS) is 10.5. The summed E-state index contributed by atoms with van der Waals surface area (Å²) in [7, 11) is 0. The van der Waals surface area contributed by atoms with Crippen LogP contribution in [0.15, 0.2) is 36.5 Å². The zero-order chi connectivity index (χ0) is 10.5. The van der Waals surface area contributed by atoms with Crippen molar-refractivity contribution < 1.29 is 4.74 Å². The number of benzene rings is 1. The van der Waals surface area contributed by atoms with Crippen molar-refractivity contribution in [2.45, 2.75) is 6.42 Å². The lowest BCUT2D eigenvalue weighted by atomic mass is 10.2. The van der Waals surface area contributed by atoms with Crippen LogP contribution in [0.25, 0.3) is 10.9 Å². The Morgan fingerprint density at radius 2 is 2.07 bits per heavy atom. The Morgan fingerprint density at radius 3 is 2.93 bits per heavy atom. The summed E-state index contributed by atoms with van der Waals surface area (Å²) in [6.07, 6.45) is 2.64. The summed E-state index contributed by atoms with van der Waals surface area (Å²) in [5.41, 5.74) is 6.32. The van der Waals surface area contributed by atoms with Crippen LogP contribution in [0.3, 0.4) is 0 Å². The highest BCUT2D eigenvalue weighted by Gasteiger charge is 2.01. The molecule has 0 bridgehead atoms. The lowest BCUT2D eigenvalue weighted by Crippen LogP contribution is -2.06. The van der Waals surface area contributed by atoms with E-state index in [0.717, 1.165) is 23.1 Å². The van der Waals surface area contributed by atoms with Crippen molar-refractivity contribution in [2.24, 2.45) is 5.73 Å². The lowest BCUT2D eigenvalue weighted by Gasteiger charge is -2.07. The van der Waals surface area contributed by atoms with E-state index >= 15 is 0 Å². The summed E-state index contributed by atoms with van der Waals surface area (Å²) in [6, 6.07) is 9.88. The van der Waals surface area contributed by atoms with Crippen LogP contribution in [0, 0.1) is 0 Å². The summed E-state index contributed by atoms with van der Waals surface area (Å²) >= 11 is 0. The monoisotopic (exact) mass is 202 g/mol. The van der Waals surface area contributed by atoms with Gasteiger partial charge >= 0.3 is 0 Å². The average molecular weight is 202 g/mol. The van der Waals surface area contributed by atoms with Gasteiger partial charge in [-0.25, -0.2) is 0 Å². The molecule has 0 aliphatic carbocycles. The maximum Gasteiger partial charge on any atom is 0.145 e. The summed E-state index contributed by atoms with van der Waals surface area (Å²) in [6.45, 7) is 1.30. The number of hydrogen-bond acceptors (Lipinski definition) is 3. The second-order valence-corrected chi connectivity index (χ2v) is 3.32. The molecule has 0 aliphatic heterocycles. The predicted molar refractivity (Wildman–Crippen MR) is 60.9 cm³/mol. The van der Waals surface area contributed by atoms with Crippen molar-refractivity contribution in [3.8, 4) is 5.75 Å². The van der Waals surface area contributed by atoms with E-state index in [-0.39, 0.29) is 0 Å². The molecule has 0 atom stereocenters. The molecule has 2 aromatic rings. The Morgan fingerprint density at radius 1 is 1.20 bits per heavy atom. The first-order chi connectivity index (χ1) is 7.42. The van der Waals surface area contributed by atoms with Gasteiger partial charge in [-0.3, -0.25) is 4.98 Å². The number of pyridine rings is 1. The Kier molecular flexibility index (Phi) is 3.15. The summed E-state index contributed by atoms with van der Waals surface area (Å²) in [5, 5.41) is 1.10. The van der Waals surface area contributed by atoms with E-state index in [9.17, 15) is 0 Å². The van der Waals surface area contributed by atoms with Crippen molar-refractivity contribution >= 4 is 10.9 Å². The van der Waals surface area contributed by atoms with E-state index in [4.69, 9.17) is 10.5 Å².